The minimum absolute atomic E-state index is 0.0806. The van der Waals surface area contributed by atoms with E-state index in [9.17, 15) is 8.42 Å². The summed E-state index contributed by atoms with van der Waals surface area (Å²) in [5.41, 5.74) is 0. The lowest BCUT2D eigenvalue weighted by atomic mass is 10.3. The van der Waals surface area contributed by atoms with Crippen molar-refractivity contribution in [3.8, 4) is 0 Å². The molecule has 1 heterocycles. The molecule has 0 saturated heterocycles. The van der Waals surface area contributed by atoms with Crippen molar-refractivity contribution in [3.63, 3.8) is 0 Å². The number of sulfonamides is 1. The zero-order valence-corrected chi connectivity index (χ0v) is 15.0. The van der Waals surface area contributed by atoms with Crippen molar-refractivity contribution in [1.29, 1.82) is 0 Å². The third-order valence-electron chi connectivity index (χ3n) is 3.63. The third kappa shape index (κ3) is 4.69. The highest BCUT2D eigenvalue weighted by Gasteiger charge is 2.31. The SMILES string of the molecule is CCNCc1cc(S(=O)(=O)NC2CCCC2SCC)cs1. The third-order valence-corrected chi connectivity index (χ3v) is 7.51. The van der Waals surface area contributed by atoms with Gasteiger partial charge in [-0.1, -0.05) is 20.3 Å². The largest absolute Gasteiger partial charge is 0.312 e. The van der Waals surface area contributed by atoms with Crippen LogP contribution in [0.5, 0.6) is 0 Å². The molecule has 1 saturated carbocycles. The van der Waals surface area contributed by atoms with Crippen LogP contribution in [0.4, 0.5) is 0 Å². The van der Waals surface area contributed by atoms with Gasteiger partial charge in [0.25, 0.3) is 0 Å². The number of thiophene rings is 1. The Kier molecular flexibility index (Phi) is 6.55. The van der Waals surface area contributed by atoms with E-state index in [-0.39, 0.29) is 6.04 Å². The number of thioether (sulfide) groups is 1. The first-order chi connectivity index (χ1) is 10.1. The predicted octanol–water partition coefficient (Wildman–Crippen LogP) is 2.81. The normalized spacial score (nSPS) is 22.8. The maximum Gasteiger partial charge on any atom is 0.241 e. The molecule has 2 N–H and O–H groups in total. The predicted molar refractivity (Wildman–Crippen MR) is 91.6 cm³/mol. The van der Waals surface area contributed by atoms with Crippen LogP contribution < -0.4 is 10.0 Å². The van der Waals surface area contributed by atoms with E-state index in [1.165, 1.54) is 11.3 Å². The smallest absolute Gasteiger partial charge is 0.241 e. The van der Waals surface area contributed by atoms with E-state index < -0.39 is 10.0 Å². The molecule has 1 aliphatic carbocycles. The molecular weight excluding hydrogens is 324 g/mol. The van der Waals surface area contributed by atoms with Crippen molar-refractivity contribution in [2.75, 3.05) is 12.3 Å². The van der Waals surface area contributed by atoms with E-state index in [1.54, 1.807) is 11.4 Å². The molecule has 2 atom stereocenters. The summed E-state index contributed by atoms with van der Waals surface area (Å²) < 4.78 is 27.9. The average Bonchev–Trinajstić information content (AvgIpc) is 3.07. The van der Waals surface area contributed by atoms with Crippen LogP contribution in [-0.2, 0) is 16.6 Å². The van der Waals surface area contributed by atoms with Gasteiger partial charge in [-0.15, -0.1) is 11.3 Å². The summed E-state index contributed by atoms with van der Waals surface area (Å²) >= 11 is 3.36. The molecule has 0 aliphatic heterocycles. The summed E-state index contributed by atoms with van der Waals surface area (Å²) in [5.74, 6) is 1.04. The number of hydrogen-bond donors (Lipinski definition) is 2. The quantitative estimate of drug-likeness (QED) is 0.758. The summed E-state index contributed by atoms with van der Waals surface area (Å²) in [7, 11) is -3.38. The summed E-state index contributed by atoms with van der Waals surface area (Å²) in [6.45, 7) is 5.78. The van der Waals surface area contributed by atoms with Gasteiger partial charge in [0.15, 0.2) is 0 Å². The second-order valence-electron chi connectivity index (χ2n) is 5.18. The molecule has 120 valence electrons. The van der Waals surface area contributed by atoms with Crippen LogP contribution in [0.1, 0.15) is 38.0 Å². The molecule has 4 nitrogen and oxygen atoms in total. The van der Waals surface area contributed by atoms with Gasteiger partial charge in [-0.05, 0) is 31.2 Å². The molecular formula is C14H24N2O2S3. The molecule has 2 rings (SSSR count). The van der Waals surface area contributed by atoms with E-state index in [4.69, 9.17) is 0 Å². The highest BCUT2D eigenvalue weighted by Crippen LogP contribution is 2.31. The Balaban J connectivity index is 2.02. The summed E-state index contributed by atoms with van der Waals surface area (Å²) in [5, 5.41) is 5.38. The van der Waals surface area contributed by atoms with Crippen molar-refractivity contribution in [3.05, 3.63) is 16.3 Å². The highest BCUT2D eigenvalue weighted by molar-refractivity contribution is 8.00. The zero-order valence-electron chi connectivity index (χ0n) is 12.6. The van der Waals surface area contributed by atoms with Crippen molar-refractivity contribution in [2.45, 2.75) is 55.8 Å². The summed E-state index contributed by atoms with van der Waals surface area (Å²) in [4.78, 5) is 1.47. The van der Waals surface area contributed by atoms with E-state index >= 15 is 0 Å². The molecule has 2 unspecified atom stereocenters. The van der Waals surface area contributed by atoms with E-state index in [0.717, 1.165) is 43.0 Å². The Morgan fingerprint density at radius 1 is 1.38 bits per heavy atom. The van der Waals surface area contributed by atoms with Gasteiger partial charge >= 0.3 is 0 Å². The van der Waals surface area contributed by atoms with Crippen molar-refractivity contribution in [1.82, 2.24) is 10.0 Å². The molecule has 0 radical (unpaired) electrons. The maximum absolute atomic E-state index is 12.5. The number of nitrogens with one attached hydrogen (secondary N) is 2. The van der Waals surface area contributed by atoms with E-state index in [1.807, 2.05) is 18.7 Å². The van der Waals surface area contributed by atoms with E-state index in [0.29, 0.717) is 10.1 Å². The van der Waals surface area contributed by atoms with Gasteiger partial charge in [0.2, 0.25) is 10.0 Å². The van der Waals surface area contributed by atoms with Crippen LogP contribution in [-0.4, -0.2) is 32.0 Å². The zero-order chi connectivity index (χ0) is 15.3. The van der Waals surface area contributed by atoms with Crippen LogP contribution in [0.25, 0.3) is 0 Å². The molecule has 0 aromatic carbocycles. The Morgan fingerprint density at radius 2 is 2.19 bits per heavy atom. The first kappa shape index (κ1) is 17.3. The number of hydrogen-bond acceptors (Lipinski definition) is 5. The fourth-order valence-corrected chi connectivity index (χ4v) is 6.42. The molecule has 1 aliphatic rings. The van der Waals surface area contributed by atoms with Crippen LogP contribution in [0.2, 0.25) is 0 Å². The second-order valence-corrected chi connectivity index (χ2v) is 9.41. The molecule has 7 heteroatoms. The van der Waals surface area contributed by atoms with Gasteiger partial charge < -0.3 is 5.32 Å². The van der Waals surface area contributed by atoms with Gasteiger partial charge in [-0.3, -0.25) is 0 Å². The van der Waals surface area contributed by atoms with Crippen molar-refractivity contribution < 1.29 is 8.42 Å². The van der Waals surface area contributed by atoms with Gasteiger partial charge in [-0.2, -0.15) is 11.8 Å². The van der Waals surface area contributed by atoms with Gasteiger partial charge in [0.05, 0.1) is 4.90 Å². The lowest BCUT2D eigenvalue weighted by Crippen LogP contribution is -2.38. The monoisotopic (exact) mass is 348 g/mol. The van der Waals surface area contributed by atoms with Gasteiger partial charge in [-0.25, -0.2) is 13.1 Å². The first-order valence-corrected chi connectivity index (χ1v) is 10.9. The fourth-order valence-electron chi connectivity index (χ4n) is 2.58. The van der Waals surface area contributed by atoms with Crippen molar-refractivity contribution >= 4 is 33.1 Å². The lowest BCUT2D eigenvalue weighted by molar-refractivity contribution is 0.555. The summed E-state index contributed by atoms with van der Waals surface area (Å²) in [6, 6.07) is 1.86. The van der Waals surface area contributed by atoms with Crippen molar-refractivity contribution in [2.24, 2.45) is 0 Å². The molecule has 0 bridgehead atoms. The standard InChI is InChI=1S/C14H24N2O2S3/c1-3-15-9-11-8-12(10-20-11)21(17,18)16-13-6-5-7-14(13)19-4-2/h8,10,13-16H,3-7,9H2,1-2H3. The van der Waals surface area contributed by atoms with Crippen LogP contribution in [0.3, 0.4) is 0 Å². The topological polar surface area (TPSA) is 58.2 Å². The molecule has 1 aromatic heterocycles. The number of rotatable bonds is 8. The minimum atomic E-state index is -3.38. The molecule has 1 aromatic rings. The van der Waals surface area contributed by atoms with Gasteiger partial charge in [0.1, 0.15) is 0 Å². The van der Waals surface area contributed by atoms with Gasteiger partial charge in [0, 0.05) is 28.1 Å². The van der Waals surface area contributed by atoms with E-state index in [2.05, 4.69) is 17.0 Å². The van der Waals surface area contributed by atoms with Crippen LogP contribution in [0, 0.1) is 0 Å². The maximum atomic E-state index is 12.5. The Hall–Kier alpha value is -0.0800. The minimum Gasteiger partial charge on any atom is -0.312 e. The van der Waals surface area contributed by atoms with Crippen LogP contribution in [0.15, 0.2) is 16.3 Å². The molecule has 1 fully saturated rings. The Bertz CT molecular complexity index is 542. The molecule has 0 spiro atoms. The fraction of sp³-hybridized carbons (Fsp3) is 0.714. The molecule has 0 amide bonds. The summed E-state index contributed by atoms with van der Waals surface area (Å²) in [6.07, 6.45) is 3.17. The van der Waals surface area contributed by atoms with Crippen LogP contribution >= 0.6 is 23.1 Å². The first-order valence-electron chi connectivity index (χ1n) is 7.49. The Labute approximate surface area is 136 Å². The molecule has 21 heavy (non-hydrogen) atoms. The Morgan fingerprint density at radius 3 is 2.90 bits per heavy atom. The second kappa shape index (κ2) is 7.97. The average molecular weight is 349 g/mol. The highest BCUT2D eigenvalue weighted by atomic mass is 32.2. The lowest BCUT2D eigenvalue weighted by Gasteiger charge is -2.19.